The monoisotopic (exact) mass is 199 g/mol. The van der Waals surface area contributed by atoms with Crippen molar-refractivity contribution in [3.63, 3.8) is 0 Å². The number of carbonyl (C=O) groups is 1. The van der Waals surface area contributed by atoms with Gasteiger partial charge in [-0.2, -0.15) is 0 Å². The van der Waals surface area contributed by atoms with E-state index in [0.717, 1.165) is 51.4 Å². The van der Waals surface area contributed by atoms with Crippen LogP contribution in [0.5, 0.6) is 0 Å². The zero-order chi connectivity index (χ0) is 10.2. The summed E-state index contributed by atoms with van der Waals surface area (Å²) < 4.78 is 5.28. The summed E-state index contributed by atoms with van der Waals surface area (Å²) in [7, 11) is 0. The van der Waals surface area contributed by atoms with Crippen molar-refractivity contribution >= 4 is 5.91 Å². The largest absolute Gasteiger partial charge is 0.381 e. The van der Waals surface area contributed by atoms with Crippen molar-refractivity contribution in [3.8, 4) is 0 Å². The van der Waals surface area contributed by atoms with E-state index in [1.807, 2.05) is 6.92 Å². The summed E-state index contributed by atoms with van der Waals surface area (Å²) >= 11 is 0. The molecular weight excluding hydrogens is 178 g/mol. The summed E-state index contributed by atoms with van der Waals surface area (Å²) in [6.45, 7) is 4.66. The lowest BCUT2D eigenvalue weighted by atomic mass is 9.97. The maximum absolute atomic E-state index is 11.1. The summed E-state index contributed by atoms with van der Waals surface area (Å²) in [6, 6.07) is 0. The molecule has 3 heteroatoms. The Morgan fingerprint density at radius 3 is 2.79 bits per heavy atom. The van der Waals surface area contributed by atoms with Gasteiger partial charge < -0.3 is 10.1 Å². The Hall–Kier alpha value is -0.570. The standard InChI is InChI=1S/C11H21NO2/c1-2-3-11(13)12-7-4-10-5-8-14-9-6-10/h10H,2-9H2,1H3,(H,12,13). The van der Waals surface area contributed by atoms with Gasteiger partial charge in [0.1, 0.15) is 0 Å². The molecule has 14 heavy (non-hydrogen) atoms. The van der Waals surface area contributed by atoms with Gasteiger partial charge in [-0.3, -0.25) is 4.79 Å². The van der Waals surface area contributed by atoms with Gasteiger partial charge in [0, 0.05) is 26.2 Å². The molecule has 0 radical (unpaired) electrons. The number of amides is 1. The maximum Gasteiger partial charge on any atom is 0.219 e. The Labute approximate surface area is 86.2 Å². The molecular formula is C11H21NO2. The van der Waals surface area contributed by atoms with Crippen LogP contribution in [0.1, 0.15) is 39.0 Å². The fraction of sp³-hybridized carbons (Fsp3) is 0.909. The lowest BCUT2D eigenvalue weighted by Crippen LogP contribution is -2.27. The third-order valence-electron chi connectivity index (χ3n) is 2.69. The third kappa shape index (κ3) is 4.61. The molecule has 1 rings (SSSR count). The SMILES string of the molecule is CCCC(=O)NCCC1CCOCC1. The van der Waals surface area contributed by atoms with E-state index in [1.54, 1.807) is 0 Å². The average Bonchev–Trinajstić information content (AvgIpc) is 2.20. The fourth-order valence-electron chi connectivity index (χ4n) is 1.77. The van der Waals surface area contributed by atoms with Crippen molar-refractivity contribution in [1.29, 1.82) is 0 Å². The van der Waals surface area contributed by atoms with Gasteiger partial charge in [-0.15, -0.1) is 0 Å². The first-order valence-electron chi connectivity index (χ1n) is 5.67. The van der Waals surface area contributed by atoms with Crippen molar-refractivity contribution in [2.24, 2.45) is 5.92 Å². The molecule has 0 aromatic carbocycles. The van der Waals surface area contributed by atoms with Gasteiger partial charge >= 0.3 is 0 Å². The van der Waals surface area contributed by atoms with Gasteiger partial charge in [0.05, 0.1) is 0 Å². The summed E-state index contributed by atoms with van der Waals surface area (Å²) in [4.78, 5) is 11.1. The van der Waals surface area contributed by atoms with E-state index in [9.17, 15) is 4.79 Å². The topological polar surface area (TPSA) is 38.3 Å². The molecule has 3 nitrogen and oxygen atoms in total. The summed E-state index contributed by atoms with van der Waals surface area (Å²) in [5.74, 6) is 0.949. The normalized spacial score (nSPS) is 18.1. The predicted molar refractivity (Wildman–Crippen MR) is 56.1 cm³/mol. The molecule has 1 fully saturated rings. The number of hydrogen-bond acceptors (Lipinski definition) is 2. The molecule has 0 unspecified atom stereocenters. The lowest BCUT2D eigenvalue weighted by molar-refractivity contribution is -0.121. The van der Waals surface area contributed by atoms with E-state index in [2.05, 4.69) is 5.32 Å². The maximum atomic E-state index is 11.1. The second kappa shape index (κ2) is 6.82. The van der Waals surface area contributed by atoms with Crippen LogP contribution >= 0.6 is 0 Å². The third-order valence-corrected chi connectivity index (χ3v) is 2.69. The molecule has 0 aromatic heterocycles. The number of rotatable bonds is 5. The molecule has 1 N–H and O–H groups in total. The van der Waals surface area contributed by atoms with Crippen LogP contribution in [-0.4, -0.2) is 25.7 Å². The van der Waals surface area contributed by atoms with E-state index < -0.39 is 0 Å². The van der Waals surface area contributed by atoms with Gasteiger partial charge in [-0.1, -0.05) is 6.92 Å². The highest BCUT2D eigenvalue weighted by Crippen LogP contribution is 2.17. The highest BCUT2D eigenvalue weighted by Gasteiger charge is 2.13. The van der Waals surface area contributed by atoms with Crippen molar-refractivity contribution in [2.75, 3.05) is 19.8 Å². The molecule has 0 saturated carbocycles. The van der Waals surface area contributed by atoms with Crippen molar-refractivity contribution in [1.82, 2.24) is 5.32 Å². The molecule has 0 spiro atoms. The molecule has 82 valence electrons. The number of nitrogens with one attached hydrogen (secondary N) is 1. The van der Waals surface area contributed by atoms with E-state index in [0.29, 0.717) is 6.42 Å². The average molecular weight is 199 g/mol. The minimum absolute atomic E-state index is 0.194. The summed E-state index contributed by atoms with van der Waals surface area (Å²) in [5, 5.41) is 2.95. The summed E-state index contributed by atoms with van der Waals surface area (Å²) in [6.07, 6.45) is 5.02. The molecule has 0 aliphatic carbocycles. The quantitative estimate of drug-likeness (QED) is 0.732. The van der Waals surface area contributed by atoms with E-state index >= 15 is 0 Å². The molecule has 1 heterocycles. The van der Waals surface area contributed by atoms with Crippen LogP contribution in [0, 0.1) is 5.92 Å². The minimum Gasteiger partial charge on any atom is -0.381 e. The first-order chi connectivity index (χ1) is 6.83. The Morgan fingerprint density at radius 2 is 2.14 bits per heavy atom. The molecule has 0 aromatic rings. The van der Waals surface area contributed by atoms with Crippen molar-refractivity contribution in [3.05, 3.63) is 0 Å². The highest BCUT2D eigenvalue weighted by atomic mass is 16.5. The van der Waals surface area contributed by atoms with Crippen LogP contribution in [0.15, 0.2) is 0 Å². The molecule has 1 saturated heterocycles. The molecule has 1 aliphatic rings. The van der Waals surface area contributed by atoms with Crippen molar-refractivity contribution < 1.29 is 9.53 Å². The Bertz CT molecular complexity index is 165. The van der Waals surface area contributed by atoms with E-state index in [-0.39, 0.29) is 5.91 Å². The number of carbonyl (C=O) groups excluding carboxylic acids is 1. The first kappa shape index (κ1) is 11.5. The number of hydrogen-bond donors (Lipinski definition) is 1. The second-order valence-corrected chi connectivity index (χ2v) is 3.94. The number of ether oxygens (including phenoxy) is 1. The predicted octanol–water partition coefficient (Wildman–Crippen LogP) is 1.72. The Balaban J connectivity index is 1.99. The Kier molecular flexibility index (Phi) is 5.60. The van der Waals surface area contributed by atoms with Crippen LogP contribution in [0.3, 0.4) is 0 Å². The lowest BCUT2D eigenvalue weighted by Gasteiger charge is -2.21. The van der Waals surface area contributed by atoms with Gasteiger partial charge in [-0.05, 0) is 31.6 Å². The van der Waals surface area contributed by atoms with E-state index in [1.165, 1.54) is 0 Å². The molecule has 1 amide bonds. The van der Waals surface area contributed by atoms with Crippen LogP contribution in [0.2, 0.25) is 0 Å². The summed E-state index contributed by atoms with van der Waals surface area (Å²) in [5.41, 5.74) is 0. The van der Waals surface area contributed by atoms with Gasteiger partial charge in [0.25, 0.3) is 0 Å². The first-order valence-corrected chi connectivity index (χ1v) is 5.67. The molecule has 1 aliphatic heterocycles. The zero-order valence-electron chi connectivity index (χ0n) is 9.05. The van der Waals surface area contributed by atoms with Gasteiger partial charge in [0.15, 0.2) is 0 Å². The van der Waals surface area contributed by atoms with Crippen molar-refractivity contribution in [2.45, 2.75) is 39.0 Å². The van der Waals surface area contributed by atoms with Gasteiger partial charge in [-0.25, -0.2) is 0 Å². The van der Waals surface area contributed by atoms with Gasteiger partial charge in [0.2, 0.25) is 5.91 Å². The minimum atomic E-state index is 0.194. The highest BCUT2D eigenvalue weighted by molar-refractivity contribution is 5.75. The zero-order valence-corrected chi connectivity index (χ0v) is 9.05. The van der Waals surface area contributed by atoms with Crippen LogP contribution in [0.4, 0.5) is 0 Å². The molecule has 0 bridgehead atoms. The molecule has 0 atom stereocenters. The smallest absolute Gasteiger partial charge is 0.219 e. The fourth-order valence-corrected chi connectivity index (χ4v) is 1.77. The van der Waals surface area contributed by atoms with Crippen LogP contribution in [0.25, 0.3) is 0 Å². The van der Waals surface area contributed by atoms with E-state index in [4.69, 9.17) is 4.74 Å². The van der Waals surface area contributed by atoms with Crippen LogP contribution in [-0.2, 0) is 9.53 Å². The Morgan fingerprint density at radius 1 is 1.43 bits per heavy atom. The van der Waals surface area contributed by atoms with Crippen LogP contribution < -0.4 is 5.32 Å². The second-order valence-electron chi connectivity index (χ2n) is 3.94.